The first kappa shape index (κ1) is 18.7. The molecule has 0 radical (unpaired) electrons. The quantitative estimate of drug-likeness (QED) is 0.652. The first-order valence-electron chi connectivity index (χ1n) is 7.82. The normalized spacial score (nSPS) is 11.6. The van der Waals surface area contributed by atoms with Gasteiger partial charge in [0.2, 0.25) is 5.91 Å². The predicted octanol–water partition coefficient (Wildman–Crippen LogP) is 2.66. The van der Waals surface area contributed by atoms with Gasteiger partial charge >= 0.3 is 5.97 Å². The minimum Gasteiger partial charge on any atom is -0.481 e. The second-order valence-electron chi connectivity index (χ2n) is 5.62. The molecule has 1 rings (SSSR count). The Hall–Kier alpha value is -2.37. The van der Waals surface area contributed by atoms with Crippen LogP contribution < -0.4 is 10.6 Å². The average molecular weight is 320 g/mol. The van der Waals surface area contributed by atoms with E-state index in [2.05, 4.69) is 17.6 Å². The number of benzene rings is 1. The molecule has 1 atom stereocenters. The Labute approximate surface area is 136 Å². The molecule has 0 aliphatic rings. The Morgan fingerprint density at radius 3 is 2.39 bits per heavy atom. The van der Waals surface area contributed by atoms with Crippen LogP contribution in [0.25, 0.3) is 0 Å². The molecule has 0 bridgehead atoms. The van der Waals surface area contributed by atoms with E-state index in [4.69, 9.17) is 5.11 Å². The lowest BCUT2D eigenvalue weighted by atomic mass is 10.0. The Morgan fingerprint density at radius 2 is 1.83 bits per heavy atom. The maximum Gasteiger partial charge on any atom is 0.305 e. The highest BCUT2D eigenvalue weighted by Crippen LogP contribution is 2.14. The van der Waals surface area contributed by atoms with Gasteiger partial charge in [0.05, 0.1) is 6.42 Å². The molecule has 0 aliphatic carbocycles. The second-order valence-corrected chi connectivity index (χ2v) is 5.62. The van der Waals surface area contributed by atoms with Crippen LogP contribution in [-0.4, -0.2) is 29.4 Å². The van der Waals surface area contributed by atoms with Crippen LogP contribution in [0.5, 0.6) is 0 Å². The van der Waals surface area contributed by atoms with Crippen molar-refractivity contribution in [2.75, 3.05) is 11.9 Å². The zero-order valence-corrected chi connectivity index (χ0v) is 13.6. The lowest BCUT2D eigenvalue weighted by molar-refractivity contribution is -0.136. The Morgan fingerprint density at radius 1 is 1.17 bits per heavy atom. The Kier molecular flexibility index (Phi) is 7.80. The summed E-state index contributed by atoms with van der Waals surface area (Å²) in [6.07, 6.45) is 2.43. The van der Waals surface area contributed by atoms with Gasteiger partial charge in [0.15, 0.2) is 0 Å². The van der Waals surface area contributed by atoms with E-state index in [9.17, 15) is 14.4 Å². The molecule has 23 heavy (non-hydrogen) atoms. The summed E-state index contributed by atoms with van der Waals surface area (Å²) < 4.78 is 0. The van der Waals surface area contributed by atoms with Gasteiger partial charge in [-0.15, -0.1) is 0 Å². The molecule has 0 spiro atoms. The summed E-state index contributed by atoms with van der Waals surface area (Å²) in [5, 5.41) is 13.9. The van der Waals surface area contributed by atoms with Crippen molar-refractivity contribution in [1.82, 2.24) is 5.32 Å². The third-order valence-corrected chi connectivity index (χ3v) is 3.37. The van der Waals surface area contributed by atoms with Crippen LogP contribution in [0.4, 0.5) is 5.69 Å². The van der Waals surface area contributed by atoms with Crippen LogP contribution in [0, 0.1) is 5.92 Å². The van der Waals surface area contributed by atoms with Crippen molar-refractivity contribution in [3.8, 4) is 0 Å². The molecule has 6 heteroatoms. The maximum atomic E-state index is 11.9. The molecule has 0 aliphatic heterocycles. The third kappa shape index (κ3) is 7.44. The maximum absolute atomic E-state index is 11.9. The van der Waals surface area contributed by atoms with Crippen LogP contribution in [0.2, 0.25) is 0 Å². The number of carbonyl (C=O) groups excluding carboxylic acids is 2. The van der Waals surface area contributed by atoms with E-state index in [0.29, 0.717) is 23.6 Å². The molecule has 3 N–H and O–H groups in total. The largest absolute Gasteiger partial charge is 0.481 e. The fourth-order valence-electron chi connectivity index (χ4n) is 2.21. The topological polar surface area (TPSA) is 95.5 Å². The molecule has 0 heterocycles. The fourth-order valence-corrected chi connectivity index (χ4v) is 2.21. The van der Waals surface area contributed by atoms with Gasteiger partial charge in [0, 0.05) is 24.2 Å². The van der Waals surface area contributed by atoms with Gasteiger partial charge in [-0.25, -0.2) is 0 Å². The number of carbonyl (C=O) groups is 3. The minimum atomic E-state index is -0.958. The van der Waals surface area contributed by atoms with Gasteiger partial charge in [-0.3, -0.25) is 14.4 Å². The minimum absolute atomic E-state index is 0.0374. The Balaban J connectivity index is 2.48. The van der Waals surface area contributed by atoms with E-state index in [1.807, 2.05) is 6.92 Å². The predicted molar refractivity (Wildman–Crippen MR) is 88.3 cm³/mol. The first-order chi connectivity index (χ1) is 10.9. The first-order valence-corrected chi connectivity index (χ1v) is 7.82. The van der Waals surface area contributed by atoms with Gasteiger partial charge < -0.3 is 15.7 Å². The number of carboxylic acids is 1. The van der Waals surface area contributed by atoms with Gasteiger partial charge in [0.25, 0.3) is 5.91 Å². The summed E-state index contributed by atoms with van der Waals surface area (Å²) >= 11 is 0. The summed E-state index contributed by atoms with van der Waals surface area (Å²) in [5.41, 5.74) is 1.06. The van der Waals surface area contributed by atoms with Crippen LogP contribution in [-0.2, 0) is 9.59 Å². The molecule has 0 saturated heterocycles. The lowest BCUT2D eigenvalue weighted by Gasteiger charge is -2.11. The van der Waals surface area contributed by atoms with E-state index < -0.39 is 5.97 Å². The molecule has 0 saturated carbocycles. The third-order valence-electron chi connectivity index (χ3n) is 3.37. The van der Waals surface area contributed by atoms with Crippen LogP contribution in [0.15, 0.2) is 24.3 Å². The molecular weight excluding hydrogens is 296 g/mol. The van der Waals surface area contributed by atoms with Crippen molar-refractivity contribution in [3.05, 3.63) is 29.8 Å². The number of carboxylic acid groups (broad SMARTS) is 1. The van der Waals surface area contributed by atoms with Gasteiger partial charge in [-0.2, -0.15) is 0 Å². The summed E-state index contributed by atoms with van der Waals surface area (Å²) in [7, 11) is 0. The van der Waals surface area contributed by atoms with E-state index in [-0.39, 0.29) is 24.8 Å². The van der Waals surface area contributed by atoms with Crippen LogP contribution in [0.3, 0.4) is 0 Å². The van der Waals surface area contributed by atoms with Crippen molar-refractivity contribution < 1.29 is 19.5 Å². The number of aliphatic carboxylic acids is 1. The van der Waals surface area contributed by atoms with Crippen molar-refractivity contribution in [2.24, 2.45) is 5.92 Å². The molecule has 1 aromatic carbocycles. The molecule has 2 amide bonds. The number of anilines is 1. The number of hydrogen-bond donors (Lipinski definition) is 3. The van der Waals surface area contributed by atoms with E-state index in [1.165, 1.54) is 0 Å². The number of rotatable bonds is 9. The molecule has 126 valence electrons. The number of nitrogens with one attached hydrogen (secondary N) is 2. The lowest BCUT2D eigenvalue weighted by Crippen LogP contribution is -2.25. The zero-order chi connectivity index (χ0) is 17.2. The fraction of sp³-hybridized carbons (Fsp3) is 0.471. The standard InChI is InChI=1S/C17H24N2O4/c1-3-4-12(2)11-15(20)19-14-7-5-13(6-8-14)17(23)18-10-9-16(21)22/h5-8,12H,3-4,9-11H2,1-2H3,(H,18,23)(H,19,20)(H,21,22). The van der Waals surface area contributed by atoms with E-state index in [0.717, 1.165) is 12.8 Å². The summed E-state index contributed by atoms with van der Waals surface area (Å²) in [4.78, 5) is 34.1. The summed E-state index contributed by atoms with van der Waals surface area (Å²) in [6.45, 7) is 4.23. The van der Waals surface area contributed by atoms with E-state index in [1.54, 1.807) is 24.3 Å². The highest BCUT2D eigenvalue weighted by Gasteiger charge is 2.10. The van der Waals surface area contributed by atoms with Crippen LogP contribution in [0.1, 0.15) is 49.9 Å². The smallest absolute Gasteiger partial charge is 0.305 e. The average Bonchev–Trinajstić information content (AvgIpc) is 2.47. The zero-order valence-electron chi connectivity index (χ0n) is 13.6. The monoisotopic (exact) mass is 320 g/mol. The highest BCUT2D eigenvalue weighted by molar-refractivity contribution is 5.95. The van der Waals surface area contributed by atoms with Gasteiger partial charge in [0.1, 0.15) is 0 Å². The van der Waals surface area contributed by atoms with Gasteiger partial charge in [-0.1, -0.05) is 26.7 Å². The molecule has 6 nitrogen and oxygen atoms in total. The van der Waals surface area contributed by atoms with Crippen molar-refractivity contribution in [3.63, 3.8) is 0 Å². The van der Waals surface area contributed by atoms with Gasteiger partial charge in [-0.05, 0) is 30.2 Å². The second kappa shape index (κ2) is 9.61. The number of hydrogen-bond acceptors (Lipinski definition) is 3. The highest BCUT2D eigenvalue weighted by atomic mass is 16.4. The molecule has 1 unspecified atom stereocenters. The molecular formula is C17H24N2O4. The molecule has 0 fully saturated rings. The summed E-state index contributed by atoms with van der Waals surface area (Å²) in [6, 6.07) is 6.52. The van der Waals surface area contributed by atoms with Crippen molar-refractivity contribution in [1.29, 1.82) is 0 Å². The molecule has 1 aromatic rings. The van der Waals surface area contributed by atoms with Crippen molar-refractivity contribution >= 4 is 23.5 Å². The number of amides is 2. The van der Waals surface area contributed by atoms with E-state index >= 15 is 0 Å². The van der Waals surface area contributed by atoms with Crippen molar-refractivity contribution in [2.45, 2.75) is 39.5 Å². The molecule has 0 aromatic heterocycles. The van der Waals surface area contributed by atoms with Crippen LogP contribution >= 0.6 is 0 Å². The summed E-state index contributed by atoms with van der Waals surface area (Å²) in [5.74, 6) is -0.981. The SMILES string of the molecule is CCCC(C)CC(=O)Nc1ccc(C(=O)NCCC(=O)O)cc1. The Bertz CT molecular complexity index is 540.